The molecule has 0 heterocycles. The molecule has 0 spiro atoms. The maximum Gasteiger partial charge on any atom is 0.155 e. The number of fused-ring (bicyclic) bond motifs is 1. The molecule has 0 N–H and O–H groups in total. The van der Waals surface area contributed by atoms with Crippen LogP contribution in [0.2, 0.25) is 0 Å². The molecule has 0 saturated heterocycles. The van der Waals surface area contributed by atoms with Gasteiger partial charge in [0.05, 0.1) is 6.10 Å². The molecule has 15 heavy (non-hydrogen) atoms. The van der Waals surface area contributed by atoms with Crippen LogP contribution in [0.4, 0.5) is 0 Å². The van der Waals surface area contributed by atoms with Crippen LogP contribution in [0.15, 0.2) is 24.3 Å². The molecule has 1 aromatic carbocycles. The Morgan fingerprint density at radius 2 is 2.13 bits per heavy atom. The Balaban J connectivity index is 2.18. The number of hydrogen-bond donors (Lipinski definition) is 0. The third kappa shape index (κ3) is 2.25. The summed E-state index contributed by atoms with van der Waals surface area (Å²) in [5, 5.41) is 0. The number of rotatable bonds is 3. The Bertz CT molecular complexity index is 340. The second kappa shape index (κ2) is 4.64. The molecule has 1 aliphatic rings. The highest BCUT2D eigenvalue weighted by Gasteiger charge is 2.32. The maximum absolute atomic E-state index is 5.83. The highest BCUT2D eigenvalue weighted by atomic mass is 79.9. The highest BCUT2D eigenvalue weighted by molar-refractivity contribution is 9.09. The van der Waals surface area contributed by atoms with E-state index in [0.717, 1.165) is 6.42 Å². The van der Waals surface area contributed by atoms with Gasteiger partial charge >= 0.3 is 0 Å². The summed E-state index contributed by atoms with van der Waals surface area (Å²) >= 11 is 3.66. The van der Waals surface area contributed by atoms with Crippen LogP contribution in [0.25, 0.3) is 0 Å². The fraction of sp³-hybridized carbons (Fsp3) is 0.500. The van der Waals surface area contributed by atoms with Gasteiger partial charge in [0.1, 0.15) is 0 Å². The van der Waals surface area contributed by atoms with Gasteiger partial charge in [0, 0.05) is 11.9 Å². The molecule has 3 atom stereocenters. The molecule has 3 unspecified atom stereocenters. The zero-order valence-corrected chi connectivity index (χ0v) is 10.5. The van der Waals surface area contributed by atoms with Crippen LogP contribution in [0, 0.1) is 0 Å². The monoisotopic (exact) mass is 270 g/mol. The van der Waals surface area contributed by atoms with Crippen LogP contribution < -0.4 is 0 Å². The number of hydrogen-bond acceptors (Lipinski definition) is 2. The van der Waals surface area contributed by atoms with Crippen molar-refractivity contribution < 1.29 is 9.47 Å². The second-order valence-corrected chi connectivity index (χ2v) is 4.96. The van der Waals surface area contributed by atoms with Crippen molar-refractivity contribution in [3.8, 4) is 0 Å². The normalized spacial score (nSPS) is 26.3. The number of ether oxygens (including phenoxy) is 2. The fourth-order valence-corrected chi connectivity index (χ4v) is 2.69. The van der Waals surface area contributed by atoms with E-state index in [0.29, 0.717) is 4.83 Å². The van der Waals surface area contributed by atoms with Crippen LogP contribution in [-0.2, 0) is 15.9 Å². The van der Waals surface area contributed by atoms with Gasteiger partial charge < -0.3 is 9.47 Å². The molecule has 3 heteroatoms. The Morgan fingerprint density at radius 1 is 1.40 bits per heavy atom. The molecule has 1 aromatic rings. The Hall–Kier alpha value is -0.380. The highest BCUT2D eigenvalue weighted by Crippen LogP contribution is 2.38. The third-order valence-corrected chi connectivity index (χ3v) is 3.58. The molecule has 0 aliphatic heterocycles. The molecule has 82 valence electrons. The average Bonchev–Trinajstić information content (AvgIpc) is 2.55. The van der Waals surface area contributed by atoms with Gasteiger partial charge in [-0.1, -0.05) is 40.2 Å². The third-order valence-electron chi connectivity index (χ3n) is 2.78. The molecule has 0 bridgehead atoms. The Kier molecular flexibility index (Phi) is 3.44. The summed E-state index contributed by atoms with van der Waals surface area (Å²) in [5.41, 5.74) is 2.65. The van der Waals surface area contributed by atoms with Crippen molar-refractivity contribution in [3.63, 3.8) is 0 Å². The van der Waals surface area contributed by atoms with Gasteiger partial charge in [-0.05, 0) is 24.5 Å². The molecule has 0 radical (unpaired) electrons. The SMILES string of the molecule is COC(C)OC1c2ccccc2CC1Br. The minimum atomic E-state index is -0.166. The summed E-state index contributed by atoms with van der Waals surface area (Å²) in [4.78, 5) is 0.354. The van der Waals surface area contributed by atoms with E-state index in [4.69, 9.17) is 9.47 Å². The van der Waals surface area contributed by atoms with Gasteiger partial charge in [-0.3, -0.25) is 0 Å². The molecule has 0 amide bonds. The molecule has 0 aromatic heterocycles. The van der Waals surface area contributed by atoms with Crippen molar-refractivity contribution in [2.75, 3.05) is 7.11 Å². The topological polar surface area (TPSA) is 18.5 Å². The summed E-state index contributed by atoms with van der Waals surface area (Å²) in [6.07, 6.45) is 0.967. The first kappa shape index (κ1) is 11.1. The molecule has 0 fully saturated rings. The average molecular weight is 271 g/mol. The van der Waals surface area contributed by atoms with Crippen LogP contribution in [0.1, 0.15) is 24.2 Å². The molecule has 2 nitrogen and oxygen atoms in total. The lowest BCUT2D eigenvalue weighted by molar-refractivity contribution is -0.143. The van der Waals surface area contributed by atoms with E-state index in [1.807, 2.05) is 6.92 Å². The van der Waals surface area contributed by atoms with E-state index >= 15 is 0 Å². The molecule has 1 aliphatic carbocycles. The lowest BCUT2D eigenvalue weighted by atomic mass is 10.1. The predicted octanol–water partition coefficient (Wildman–Crippen LogP) is 3.06. The molecule has 0 saturated carbocycles. The van der Waals surface area contributed by atoms with Crippen molar-refractivity contribution in [1.29, 1.82) is 0 Å². The van der Waals surface area contributed by atoms with E-state index in [-0.39, 0.29) is 12.4 Å². The maximum atomic E-state index is 5.83. The summed E-state index contributed by atoms with van der Waals surface area (Å²) in [6, 6.07) is 8.41. The smallest absolute Gasteiger partial charge is 0.155 e. The predicted molar refractivity (Wildman–Crippen MR) is 63.2 cm³/mol. The van der Waals surface area contributed by atoms with Crippen molar-refractivity contribution in [1.82, 2.24) is 0 Å². The van der Waals surface area contributed by atoms with E-state index < -0.39 is 0 Å². The second-order valence-electron chi connectivity index (χ2n) is 3.78. The van der Waals surface area contributed by atoms with E-state index in [1.54, 1.807) is 7.11 Å². The zero-order chi connectivity index (χ0) is 10.8. The standard InChI is InChI=1S/C12H15BrO2/c1-8(14-2)15-12-10-6-4-3-5-9(10)7-11(12)13/h3-6,8,11-12H,7H2,1-2H3. The fourth-order valence-electron chi connectivity index (χ4n) is 1.93. The van der Waals surface area contributed by atoms with Gasteiger partial charge in [-0.15, -0.1) is 0 Å². The molecular formula is C12H15BrO2. The molecular weight excluding hydrogens is 256 g/mol. The van der Waals surface area contributed by atoms with Crippen LogP contribution >= 0.6 is 15.9 Å². The quantitative estimate of drug-likeness (QED) is 0.621. The van der Waals surface area contributed by atoms with Crippen molar-refractivity contribution in [3.05, 3.63) is 35.4 Å². The van der Waals surface area contributed by atoms with Crippen molar-refractivity contribution >= 4 is 15.9 Å². The first-order valence-corrected chi connectivity index (χ1v) is 6.04. The number of alkyl halides is 1. The summed E-state index contributed by atoms with van der Waals surface area (Å²) < 4.78 is 11.0. The van der Waals surface area contributed by atoms with Crippen LogP contribution in [-0.4, -0.2) is 18.2 Å². The number of benzene rings is 1. The number of methoxy groups -OCH3 is 1. The summed E-state index contributed by atoms with van der Waals surface area (Å²) in [7, 11) is 1.66. The van der Waals surface area contributed by atoms with Crippen LogP contribution in [0.3, 0.4) is 0 Å². The first-order valence-electron chi connectivity index (χ1n) is 5.12. The van der Waals surface area contributed by atoms with Gasteiger partial charge in [0.25, 0.3) is 0 Å². The van der Waals surface area contributed by atoms with Crippen molar-refractivity contribution in [2.24, 2.45) is 0 Å². The zero-order valence-electron chi connectivity index (χ0n) is 8.94. The van der Waals surface area contributed by atoms with E-state index in [9.17, 15) is 0 Å². The minimum Gasteiger partial charge on any atom is -0.356 e. The van der Waals surface area contributed by atoms with E-state index in [2.05, 4.69) is 40.2 Å². The Morgan fingerprint density at radius 3 is 2.87 bits per heavy atom. The molecule has 2 rings (SSSR count). The van der Waals surface area contributed by atoms with Gasteiger partial charge in [-0.2, -0.15) is 0 Å². The number of halogens is 1. The van der Waals surface area contributed by atoms with Crippen molar-refractivity contribution in [2.45, 2.75) is 30.6 Å². The van der Waals surface area contributed by atoms with Gasteiger partial charge in [-0.25, -0.2) is 0 Å². The first-order chi connectivity index (χ1) is 7.22. The van der Waals surface area contributed by atoms with E-state index in [1.165, 1.54) is 11.1 Å². The summed E-state index contributed by atoms with van der Waals surface area (Å²) in [6.45, 7) is 1.92. The van der Waals surface area contributed by atoms with Gasteiger partial charge in [0.15, 0.2) is 6.29 Å². The lowest BCUT2D eigenvalue weighted by Gasteiger charge is -2.20. The Labute approximate surface area is 98.7 Å². The lowest BCUT2D eigenvalue weighted by Crippen LogP contribution is -2.18. The largest absolute Gasteiger partial charge is 0.356 e. The minimum absolute atomic E-state index is 0.108. The van der Waals surface area contributed by atoms with Crippen LogP contribution in [0.5, 0.6) is 0 Å². The summed E-state index contributed by atoms with van der Waals surface area (Å²) in [5.74, 6) is 0. The van der Waals surface area contributed by atoms with Gasteiger partial charge in [0.2, 0.25) is 0 Å².